The van der Waals surface area contributed by atoms with E-state index in [1.54, 1.807) is 0 Å². The summed E-state index contributed by atoms with van der Waals surface area (Å²) >= 11 is 0. The summed E-state index contributed by atoms with van der Waals surface area (Å²) in [7, 11) is 0. The van der Waals surface area contributed by atoms with Crippen molar-refractivity contribution in [1.29, 1.82) is 0 Å². The number of carbonyl (C=O) groups excluding carboxylic acids is 3. The minimum Gasteiger partial charge on any atom is -0.480 e. The Bertz CT molecular complexity index is 1270. The van der Waals surface area contributed by atoms with Crippen molar-refractivity contribution in [3.05, 3.63) is 72.9 Å². The lowest BCUT2D eigenvalue weighted by Crippen LogP contribution is -2.47. The SMILES string of the molecule is CC/C=C\C/C=C\C/C=C\C/C=C\C/C=C\CCCCCC(=O)OC(CCCCC/C=C\CCCCCCCCCC)CCCCCCCC(=O)NCC(=O)NC(CO)C(=O)O. The molecule has 0 spiro atoms. The van der Waals surface area contributed by atoms with Crippen LogP contribution in [0, 0.1) is 0 Å². The van der Waals surface area contributed by atoms with E-state index < -0.39 is 24.5 Å². The molecule has 4 N–H and O–H groups in total. The van der Waals surface area contributed by atoms with Gasteiger partial charge >= 0.3 is 11.9 Å². The number of aliphatic hydroxyl groups is 1. The van der Waals surface area contributed by atoms with Gasteiger partial charge in [0.25, 0.3) is 0 Å². The summed E-state index contributed by atoms with van der Waals surface area (Å²) in [6.45, 7) is 3.37. The third-order valence-electron chi connectivity index (χ3n) is 10.7. The van der Waals surface area contributed by atoms with E-state index >= 15 is 0 Å². The third kappa shape index (κ3) is 42.9. The molecule has 0 aromatic carbocycles. The second kappa shape index (κ2) is 46.8. The molecule has 0 radical (unpaired) electrons. The van der Waals surface area contributed by atoms with Crippen LogP contribution in [-0.2, 0) is 23.9 Å². The molecule has 9 nitrogen and oxygen atoms in total. The highest BCUT2D eigenvalue weighted by atomic mass is 16.5. The summed E-state index contributed by atoms with van der Waals surface area (Å²) < 4.78 is 6.04. The van der Waals surface area contributed by atoms with Gasteiger partial charge in [0.15, 0.2) is 0 Å². The lowest BCUT2D eigenvalue weighted by Gasteiger charge is -2.18. The summed E-state index contributed by atoms with van der Waals surface area (Å²) in [5.41, 5.74) is 0. The number of carboxylic acids is 1. The van der Waals surface area contributed by atoms with E-state index in [2.05, 4.69) is 97.4 Å². The number of hydrogen-bond acceptors (Lipinski definition) is 6. The van der Waals surface area contributed by atoms with Crippen LogP contribution < -0.4 is 10.6 Å². The minimum atomic E-state index is -1.39. The Morgan fingerprint density at radius 3 is 1.44 bits per heavy atom. The van der Waals surface area contributed by atoms with Gasteiger partial charge in [-0.15, -0.1) is 0 Å². The van der Waals surface area contributed by atoms with E-state index in [1.165, 1.54) is 57.8 Å². The second-order valence-electron chi connectivity index (χ2n) is 16.5. The van der Waals surface area contributed by atoms with E-state index in [-0.39, 0.29) is 30.9 Å². The molecule has 0 aliphatic rings. The molecule has 62 heavy (non-hydrogen) atoms. The van der Waals surface area contributed by atoms with Crippen molar-refractivity contribution >= 4 is 23.8 Å². The number of rotatable bonds is 44. The number of ether oxygens (including phenoxy) is 1. The summed E-state index contributed by atoms with van der Waals surface area (Å²) in [5.74, 6) is -2.34. The summed E-state index contributed by atoms with van der Waals surface area (Å²) in [5, 5.41) is 22.6. The van der Waals surface area contributed by atoms with E-state index in [1.807, 2.05) is 0 Å². The van der Waals surface area contributed by atoms with Crippen LogP contribution in [0.15, 0.2) is 72.9 Å². The van der Waals surface area contributed by atoms with Crippen molar-refractivity contribution in [2.24, 2.45) is 0 Å². The molecular weight excluding hydrogens is 777 g/mol. The minimum absolute atomic E-state index is 0.0511. The van der Waals surface area contributed by atoms with E-state index in [4.69, 9.17) is 14.9 Å². The van der Waals surface area contributed by atoms with Crippen LogP contribution in [0.25, 0.3) is 0 Å². The topological polar surface area (TPSA) is 142 Å². The number of carbonyl (C=O) groups is 4. The maximum absolute atomic E-state index is 12.9. The highest BCUT2D eigenvalue weighted by Crippen LogP contribution is 2.18. The van der Waals surface area contributed by atoms with Crippen molar-refractivity contribution in [2.75, 3.05) is 13.2 Å². The Hall–Kier alpha value is -3.72. The number of hydrogen-bond donors (Lipinski definition) is 4. The molecule has 0 aromatic heterocycles. The van der Waals surface area contributed by atoms with Gasteiger partial charge in [-0.2, -0.15) is 0 Å². The van der Waals surface area contributed by atoms with Gasteiger partial charge in [0.05, 0.1) is 13.2 Å². The summed E-state index contributed by atoms with van der Waals surface area (Å²) in [4.78, 5) is 47.8. The first-order valence-corrected chi connectivity index (χ1v) is 24.8. The zero-order valence-electron chi connectivity index (χ0n) is 39.4. The quantitative estimate of drug-likeness (QED) is 0.0271. The fraction of sp³-hybridized carbons (Fsp3) is 0.698. The van der Waals surface area contributed by atoms with Crippen molar-refractivity contribution in [2.45, 2.75) is 225 Å². The zero-order chi connectivity index (χ0) is 45.4. The Balaban J connectivity index is 4.43. The van der Waals surface area contributed by atoms with Crippen LogP contribution >= 0.6 is 0 Å². The lowest BCUT2D eigenvalue weighted by molar-refractivity contribution is -0.150. The molecule has 9 heteroatoms. The van der Waals surface area contributed by atoms with Gasteiger partial charge < -0.3 is 25.6 Å². The largest absolute Gasteiger partial charge is 0.480 e. The third-order valence-corrected chi connectivity index (χ3v) is 10.7. The maximum atomic E-state index is 12.9. The Morgan fingerprint density at radius 1 is 0.500 bits per heavy atom. The number of aliphatic carboxylic acids is 1. The van der Waals surface area contributed by atoms with E-state index in [0.717, 1.165) is 122 Å². The average molecular weight is 867 g/mol. The second-order valence-corrected chi connectivity index (χ2v) is 16.5. The summed E-state index contributed by atoms with van der Waals surface area (Å²) in [6.07, 6.45) is 59.3. The molecule has 0 fully saturated rings. The maximum Gasteiger partial charge on any atom is 0.328 e. The van der Waals surface area contributed by atoms with Gasteiger partial charge in [-0.25, -0.2) is 4.79 Å². The smallest absolute Gasteiger partial charge is 0.328 e. The molecule has 0 saturated heterocycles. The highest BCUT2D eigenvalue weighted by Gasteiger charge is 2.19. The molecule has 0 saturated carbocycles. The molecule has 0 bridgehead atoms. The number of allylic oxidation sites excluding steroid dienone is 12. The van der Waals surface area contributed by atoms with Gasteiger partial charge in [0.2, 0.25) is 11.8 Å². The fourth-order valence-corrected chi connectivity index (χ4v) is 6.91. The van der Waals surface area contributed by atoms with E-state index in [9.17, 15) is 19.2 Å². The van der Waals surface area contributed by atoms with Crippen LogP contribution in [0.4, 0.5) is 0 Å². The zero-order valence-corrected chi connectivity index (χ0v) is 39.4. The lowest BCUT2D eigenvalue weighted by atomic mass is 10.0. The molecule has 2 amide bonds. The van der Waals surface area contributed by atoms with Crippen LogP contribution in [0.1, 0.15) is 213 Å². The molecule has 0 aliphatic heterocycles. The fourth-order valence-electron chi connectivity index (χ4n) is 6.91. The predicted molar refractivity (Wildman–Crippen MR) is 259 cm³/mol. The van der Waals surface area contributed by atoms with Crippen LogP contribution in [0.2, 0.25) is 0 Å². The Kier molecular flexibility index (Phi) is 44.0. The van der Waals surface area contributed by atoms with Gasteiger partial charge in [-0.3, -0.25) is 14.4 Å². The first kappa shape index (κ1) is 58.3. The average Bonchev–Trinajstić information content (AvgIpc) is 3.26. The molecule has 0 heterocycles. The molecule has 354 valence electrons. The van der Waals surface area contributed by atoms with Crippen LogP contribution in [0.5, 0.6) is 0 Å². The number of amides is 2. The normalized spacial score (nSPS) is 13.1. The molecular formula is C53H90N2O7. The summed E-state index contributed by atoms with van der Waals surface area (Å²) in [6, 6.07) is -1.39. The molecule has 0 rings (SSSR count). The molecule has 2 atom stereocenters. The van der Waals surface area contributed by atoms with Gasteiger partial charge in [0, 0.05) is 12.8 Å². The van der Waals surface area contributed by atoms with Crippen molar-refractivity contribution in [3.8, 4) is 0 Å². The molecule has 0 aromatic rings. The molecule has 0 aliphatic carbocycles. The van der Waals surface area contributed by atoms with Gasteiger partial charge in [-0.05, 0) is 109 Å². The number of nitrogens with one attached hydrogen (secondary N) is 2. The number of esters is 1. The highest BCUT2D eigenvalue weighted by molar-refractivity contribution is 5.87. The van der Waals surface area contributed by atoms with Crippen LogP contribution in [-0.4, -0.2) is 59.3 Å². The van der Waals surface area contributed by atoms with Crippen molar-refractivity contribution < 1.29 is 34.1 Å². The number of carboxylic acid groups (broad SMARTS) is 1. The number of aliphatic hydroxyl groups excluding tert-OH is 1. The van der Waals surface area contributed by atoms with Gasteiger partial charge in [0.1, 0.15) is 12.1 Å². The van der Waals surface area contributed by atoms with Gasteiger partial charge in [-0.1, -0.05) is 164 Å². The standard InChI is InChI=1S/C53H90N2O7/c1-3-5-7-9-11-13-15-17-19-20-21-22-24-26-28-30-32-37-41-45-52(59)62-48(42-38-34-31-29-27-25-23-18-16-14-12-10-8-6-4-2)43-39-35-33-36-40-44-50(57)54-46-51(58)55-49(47-56)53(60)61/h5,7,11,13,17,19,21-22,25-28,48-49,56H,3-4,6,8-10,12,14-16,18,20,23-24,29-47H2,1-2H3,(H,54,57)(H,55,58)(H,60,61)/b7-5-,13-11-,19-17-,22-21-,27-25-,28-26-. The first-order valence-electron chi connectivity index (χ1n) is 24.8. The van der Waals surface area contributed by atoms with Crippen molar-refractivity contribution in [3.63, 3.8) is 0 Å². The van der Waals surface area contributed by atoms with E-state index in [0.29, 0.717) is 12.8 Å². The molecule has 2 unspecified atom stereocenters. The predicted octanol–water partition coefficient (Wildman–Crippen LogP) is 13.0. The monoisotopic (exact) mass is 867 g/mol. The Labute approximate surface area is 378 Å². The van der Waals surface area contributed by atoms with Crippen LogP contribution in [0.3, 0.4) is 0 Å². The Morgan fingerprint density at radius 2 is 0.919 bits per heavy atom. The number of unbranched alkanes of at least 4 members (excludes halogenated alkanes) is 18. The first-order chi connectivity index (χ1) is 30.3. The van der Waals surface area contributed by atoms with Crippen molar-refractivity contribution in [1.82, 2.24) is 10.6 Å².